The minimum atomic E-state index is -0.0353. The zero-order chi connectivity index (χ0) is 14.7. The van der Waals surface area contributed by atoms with Gasteiger partial charge < -0.3 is 9.64 Å². The van der Waals surface area contributed by atoms with Crippen LogP contribution >= 0.6 is 0 Å². The first-order valence-electron chi connectivity index (χ1n) is 7.20. The van der Waals surface area contributed by atoms with Crippen LogP contribution < -0.4 is 0 Å². The fourth-order valence-electron chi connectivity index (χ4n) is 2.62. The van der Waals surface area contributed by atoms with Gasteiger partial charge in [-0.25, -0.2) is 4.98 Å². The second kappa shape index (κ2) is 6.10. The van der Waals surface area contributed by atoms with Crippen LogP contribution in [0.1, 0.15) is 23.3 Å². The third-order valence-electron chi connectivity index (χ3n) is 3.74. The Kier molecular flexibility index (Phi) is 4.01. The maximum absolute atomic E-state index is 12.6. The fourth-order valence-corrected chi connectivity index (χ4v) is 2.62. The Labute approximate surface area is 124 Å². The van der Waals surface area contributed by atoms with Gasteiger partial charge in [-0.1, -0.05) is 18.2 Å². The largest absolute Gasteiger partial charge is 0.376 e. The minimum absolute atomic E-state index is 0.0353. The molecule has 21 heavy (non-hydrogen) atoms. The molecule has 1 amide bonds. The van der Waals surface area contributed by atoms with Gasteiger partial charge in [-0.3, -0.25) is 9.36 Å². The van der Waals surface area contributed by atoms with Crippen molar-refractivity contribution in [1.29, 1.82) is 0 Å². The summed E-state index contributed by atoms with van der Waals surface area (Å²) in [4.78, 5) is 18.4. The highest BCUT2D eigenvalue weighted by Crippen LogP contribution is 2.16. The summed E-state index contributed by atoms with van der Waals surface area (Å²) in [6, 6.07) is 9.75. The average Bonchev–Trinajstić information content (AvgIpc) is 3.18. The average molecular weight is 285 g/mol. The zero-order valence-corrected chi connectivity index (χ0v) is 12.1. The number of amides is 1. The number of para-hydroxylation sites is 1. The smallest absolute Gasteiger partial charge is 0.272 e. The van der Waals surface area contributed by atoms with Gasteiger partial charge in [-0.05, 0) is 25.0 Å². The van der Waals surface area contributed by atoms with Gasteiger partial charge in [0.25, 0.3) is 5.91 Å². The van der Waals surface area contributed by atoms with Crippen molar-refractivity contribution in [3.05, 3.63) is 48.5 Å². The van der Waals surface area contributed by atoms with E-state index in [4.69, 9.17) is 4.74 Å². The topological polar surface area (TPSA) is 47.4 Å². The van der Waals surface area contributed by atoms with E-state index in [1.165, 1.54) is 0 Å². The van der Waals surface area contributed by atoms with Gasteiger partial charge in [0, 0.05) is 25.9 Å². The molecule has 1 saturated heterocycles. The molecule has 1 aromatic carbocycles. The number of hydrogen-bond donors (Lipinski definition) is 0. The lowest BCUT2D eigenvalue weighted by atomic mass is 10.2. The van der Waals surface area contributed by atoms with Gasteiger partial charge in [0.05, 0.1) is 18.6 Å². The highest BCUT2D eigenvalue weighted by atomic mass is 16.5. The van der Waals surface area contributed by atoms with E-state index in [9.17, 15) is 4.79 Å². The molecule has 1 unspecified atom stereocenters. The van der Waals surface area contributed by atoms with Gasteiger partial charge >= 0.3 is 0 Å². The van der Waals surface area contributed by atoms with E-state index in [0.717, 1.165) is 25.1 Å². The molecule has 0 radical (unpaired) electrons. The lowest BCUT2D eigenvalue weighted by Gasteiger charge is -2.21. The summed E-state index contributed by atoms with van der Waals surface area (Å²) in [5.41, 5.74) is 1.51. The number of aromatic nitrogens is 2. The number of nitrogens with zero attached hydrogens (tertiary/aromatic N) is 3. The molecular weight excluding hydrogens is 266 g/mol. The first-order valence-corrected chi connectivity index (χ1v) is 7.20. The number of hydrogen-bond acceptors (Lipinski definition) is 3. The van der Waals surface area contributed by atoms with Gasteiger partial charge in [0.15, 0.2) is 0 Å². The SMILES string of the molecule is CN(CC1CCCO1)C(=O)c1cncn1-c1ccccc1. The lowest BCUT2D eigenvalue weighted by molar-refractivity contribution is 0.0581. The molecule has 0 spiro atoms. The van der Waals surface area contributed by atoms with E-state index in [0.29, 0.717) is 12.2 Å². The molecule has 2 heterocycles. The Morgan fingerprint density at radius 3 is 2.95 bits per heavy atom. The molecule has 1 aliphatic heterocycles. The molecule has 1 aliphatic rings. The number of likely N-dealkylation sites (N-methyl/N-ethyl adjacent to an activating group) is 1. The summed E-state index contributed by atoms with van der Waals surface area (Å²) < 4.78 is 7.40. The van der Waals surface area contributed by atoms with Crippen molar-refractivity contribution in [2.45, 2.75) is 18.9 Å². The second-order valence-electron chi connectivity index (χ2n) is 5.31. The first-order chi connectivity index (χ1) is 10.3. The third kappa shape index (κ3) is 2.97. The molecule has 110 valence electrons. The third-order valence-corrected chi connectivity index (χ3v) is 3.74. The van der Waals surface area contributed by atoms with Crippen LogP contribution in [0.3, 0.4) is 0 Å². The number of benzene rings is 1. The van der Waals surface area contributed by atoms with E-state index in [-0.39, 0.29) is 12.0 Å². The Bertz CT molecular complexity index is 603. The number of carbonyl (C=O) groups is 1. The second-order valence-corrected chi connectivity index (χ2v) is 5.31. The van der Waals surface area contributed by atoms with Crippen molar-refractivity contribution in [1.82, 2.24) is 14.5 Å². The lowest BCUT2D eigenvalue weighted by Crippen LogP contribution is -2.35. The predicted octanol–water partition coefficient (Wildman–Crippen LogP) is 2.12. The fraction of sp³-hybridized carbons (Fsp3) is 0.375. The van der Waals surface area contributed by atoms with E-state index < -0.39 is 0 Å². The molecule has 0 N–H and O–H groups in total. The van der Waals surface area contributed by atoms with Crippen LogP contribution in [0.4, 0.5) is 0 Å². The van der Waals surface area contributed by atoms with Gasteiger partial charge in [-0.15, -0.1) is 0 Å². The number of rotatable bonds is 4. The number of ether oxygens (including phenoxy) is 1. The maximum Gasteiger partial charge on any atom is 0.272 e. The number of imidazole rings is 1. The highest BCUT2D eigenvalue weighted by Gasteiger charge is 2.22. The van der Waals surface area contributed by atoms with E-state index in [1.807, 2.05) is 41.9 Å². The summed E-state index contributed by atoms with van der Waals surface area (Å²) >= 11 is 0. The highest BCUT2D eigenvalue weighted by molar-refractivity contribution is 5.92. The molecular formula is C16H19N3O2. The Morgan fingerprint density at radius 2 is 2.24 bits per heavy atom. The van der Waals surface area contributed by atoms with E-state index >= 15 is 0 Å². The normalized spacial score (nSPS) is 17.9. The zero-order valence-electron chi connectivity index (χ0n) is 12.1. The monoisotopic (exact) mass is 285 g/mol. The number of carbonyl (C=O) groups excluding carboxylic acids is 1. The van der Waals surface area contributed by atoms with Crippen molar-refractivity contribution in [3.63, 3.8) is 0 Å². The molecule has 5 heteroatoms. The van der Waals surface area contributed by atoms with Gasteiger partial charge in [0.2, 0.25) is 0 Å². The van der Waals surface area contributed by atoms with Crippen LogP contribution in [0.25, 0.3) is 5.69 Å². The maximum atomic E-state index is 12.6. The Hall–Kier alpha value is -2.14. The molecule has 0 saturated carbocycles. The molecule has 2 aromatic rings. The molecule has 1 aromatic heterocycles. The van der Waals surface area contributed by atoms with Crippen LogP contribution in [0.2, 0.25) is 0 Å². The van der Waals surface area contributed by atoms with Crippen molar-refractivity contribution < 1.29 is 9.53 Å². The van der Waals surface area contributed by atoms with Crippen LogP contribution in [0.15, 0.2) is 42.9 Å². The van der Waals surface area contributed by atoms with Crippen molar-refractivity contribution in [2.75, 3.05) is 20.2 Å². The molecule has 5 nitrogen and oxygen atoms in total. The summed E-state index contributed by atoms with van der Waals surface area (Å²) in [5, 5.41) is 0. The van der Waals surface area contributed by atoms with E-state index in [1.54, 1.807) is 17.4 Å². The molecule has 0 bridgehead atoms. The van der Waals surface area contributed by atoms with Crippen LogP contribution in [0, 0.1) is 0 Å². The Morgan fingerprint density at radius 1 is 1.43 bits per heavy atom. The van der Waals surface area contributed by atoms with Crippen molar-refractivity contribution in [2.24, 2.45) is 0 Å². The first kappa shape index (κ1) is 13.8. The van der Waals surface area contributed by atoms with Crippen molar-refractivity contribution >= 4 is 5.91 Å². The summed E-state index contributed by atoms with van der Waals surface area (Å²) in [6.45, 7) is 1.42. The molecule has 0 aliphatic carbocycles. The van der Waals surface area contributed by atoms with Gasteiger partial charge in [-0.2, -0.15) is 0 Å². The summed E-state index contributed by atoms with van der Waals surface area (Å²) in [7, 11) is 1.81. The molecule has 3 rings (SSSR count). The van der Waals surface area contributed by atoms with Gasteiger partial charge in [0.1, 0.15) is 5.69 Å². The standard InChI is InChI=1S/C16H19N3O2/c1-18(11-14-8-5-9-21-14)16(20)15-10-17-12-19(15)13-6-3-2-4-7-13/h2-4,6-7,10,12,14H,5,8-9,11H2,1H3. The van der Waals surface area contributed by atoms with Crippen molar-refractivity contribution in [3.8, 4) is 5.69 Å². The van der Waals surface area contributed by atoms with Crippen LogP contribution in [-0.4, -0.2) is 46.7 Å². The minimum Gasteiger partial charge on any atom is -0.376 e. The van der Waals surface area contributed by atoms with Crippen LogP contribution in [-0.2, 0) is 4.74 Å². The predicted molar refractivity (Wildman–Crippen MR) is 79.5 cm³/mol. The quantitative estimate of drug-likeness (QED) is 0.864. The van der Waals surface area contributed by atoms with E-state index in [2.05, 4.69) is 4.98 Å². The summed E-state index contributed by atoms with van der Waals surface area (Å²) in [6.07, 6.45) is 5.54. The molecule has 1 fully saturated rings. The molecule has 1 atom stereocenters. The Balaban J connectivity index is 1.77. The van der Waals surface area contributed by atoms with Crippen LogP contribution in [0.5, 0.6) is 0 Å². The summed E-state index contributed by atoms with van der Waals surface area (Å²) in [5.74, 6) is -0.0353.